The lowest BCUT2D eigenvalue weighted by Gasteiger charge is -2.34. The van der Waals surface area contributed by atoms with Gasteiger partial charge in [0.05, 0.1) is 47.7 Å². The molecule has 1 fully saturated rings. The molecular formula is C39H39ClN4O5S2. The molecule has 4 aromatic rings. The van der Waals surface area contributed by atoms with Gasteiger partial charge in [0, 0.05) is 47.9 Å². The van der Waals surface area contributed by atoms with Gasteiger partial charge < -0.3 is 19.3 Å². The molecular weight excluding hydrogens is 704 g/mol. The van der Waals surface area contributed by atoms with Gasteiger partial charge in [-0.3, -0.25) is 19.4 Å². The number of rotatable bonds is 10. The lowest BCUT2D eigenvalue weighted by atomic mass is 10.0. The Bertz CT molecular complexity index is 1990. The van der Waals surface area contributed by atoms with Crippen LogP contribution in [0.4, 0.5) is 16.2 Å². The van der Waals surface area contributed by atoms with E-state index in [4.69, 9.17) is 9.47 Å². The number of ether oxygens (including phenoxy) is 2. The van der Waals surface area contributed by atoms with Crippen molar-refractivity contribution < 1.29 is 23.9 Å². The molecule has 0 atom stereocenters. The minimum Gasteiger partial charge on any atom is -0.383 e. The van der Waals surface area contributed by atoms with Gasteiger partial charge in [-0.1, -0.05) is 84.2 Å². The predicted octanol–water partition coefficient (Wildman–Crippen LogP) is 8.04. The molecule has 3 aliphatic heterocycles. The fourth-order valence-electron chi connectivity index (χ4n) is 6.73. The first kappa shape index (κ1) is 36.5. The first-order chi connectivity index (χ1) is 24.4. The Morgan fingerprint density at radius 2 is 1.06 bits per heavy atom. The maximum absolute atomic E-state index is 14.4. The van der Waals surface area contributed by atoms with Gasteiger partial charge in [-0.15, -0.1) is 12.4 Å². The van der Waals surface area contributed by atoms with Gasteiger partial charge in [-0.25, -0.2) is 4.79 Å². The third kappa shape index (κ3) is 6.53. The highest BCUT2D eigenvalue weighted by molar-refractivity contribution is 8.04. The van der Waals surface area contributed by atoms with Crippen molar-refractivity contribution in [2.75, 3.05) is 63.4 Å². The van der Waals surface area contributed by atoms with Gasteiger partial charge in [0.1, 0.15) is 5.57 Å². The summed E-state index contributed by atoms with van der Waals surface area (Å²) in [5, 5.41) is 6.31. The minimum absolute atomic E-state index is 0. The van der Waals surface area contributed by atoms with E-state index < -0.39 is 17.8 Å². The van der Waals surface area contributed by atoms with Crippen molar-refractivity contribution in [2.24, 2.45) is 0 Å². The Labute approximate surface area is 312 Å². The second-order valence-corrected chi connectivity index (χ2v) is 14.1. The quantitative estimate of drug-likeness (QED) is 0.118. The number of anilines is 2. The highest BCUT2D eigenvalue weighted by atomic mass is 35.5. The largest absolute Gasteiger partial charge is 0.383 e. The molecule has 51 heavy (non-hydrogen) atoms. The zero-order chi connectivity index (χ0) is 34.9. The van der Waals surface area contributed by atoms with E-state index in [0.29, 0.717) is 18.7 Å². The number of thioether (sulfide) groups is 2. The number of urea groups is 1. The van der Waals surface area contributed by atoms with Crippen LogP contribution in [0.5, 0.6) is 0 Å². The van der Waals surface area contributed by atoms with E-state index in [1.807, 2.05) is 36.4 Å². The molecule has 1 saturated heterocycles. The molecule has 0 bridgehead atoms. The summed E-state index contributed by atoms with van der Waals surface area (Å²) in [6.45, 7) is 5.83. The van der Waals surface area contributed by atoms with Gasteiger partial charge in [0.25, 0.3) is 11.8 Å². The molecule has 4 amide bonds. The van der Waals surface area contributed by atoms with Crippen LogP contribution in [0.2, 0.25) is 0 Å². The summed E-state index contributed by atoms with van der Waals surface area (Å²) in [4.78, 5) is 51.2. The summed E-state index contributed by atoms with van der Waals surface area (Å²) >= 11 is 3.22. The van der Waals surface area contributed by atoms with Crippen molar-refractivity contribution in [3.63, 3.8) is 0 Å². The van der Waals surface area contributed by atoms with E-state index in [9.17, 15) is 14.4 Å². The number of methoxy groups -OCH3 is 2. The summed E-state index contributed by atoms with van der Waals surface area (Å²) < 4.78 is 10.5. The third-order valence-electron chi connectivity index (χ3n) is 9.13. The molecule has 0 spiro atoms. The van der Waals surface area contributed by atoms with Crippen LogP contribution >= 0.6 is 35.9 Å². The van der Waals surface area contributed by atoms with Gasteiger partial charge in [0.15, 0.2) is 0 Å². The number of amides is 4. The lowest BCUT2D eigenvalue weighted by Crippen LogP contribution is -2.58. The number of halogens is 1. The zero-order valence-corrected chi connectivity index (χ0v) is 31.3. The minimum atomic E-state index is -0.675. The molecule has 7 rings (SSSR count). The first-order valence-electron chi connectivity index (χ1n) is 16.7. The van der Waals surface area contributed by atoms with Crippen molar-refractivity contribution >= 4 is 86.7 Å². The van der Waals surface area contributed by atoms with Gasteiger partial charge in [-0.2, -0.15) is 0 Å². The molecule has 3 aliphatic rings. The Hall–Kier alpha value is -4.26. The molecule has 264 valence electrons. The first-order valence-corrected chi connectivity index (χ1v) is 18.3. The van der Waals surface area contributed by atoms with Crippen LogP contribution in [0.25, 0.3) is 21.5 Å². The number of carbonyl (C=O) groups excluding carboxylic acids is 3. The molecule has 0 aromatic heterocycles. The number of allylic oxidation sites excluding steroid dienone is 3. The molecule has 0 aliphatic carbocycles. The van der Waals surface area contributed by atoms with Crippen LogP contribution in [0.15, 0.2) is 116 Å². The maximum atomic E-state index is 14.4. The van der Waals surface area contributed by atoms with E-state index in [1.54, 1.807) is 23.5 Å². The van der Waals surface area contributed by atoms with Crippen molar-refractivity contribution in [3.05, 3.63) is 106 Å². The van der Waals surface area contributed by atoms with Gasteiger partial charge >= 0.3 is 6.03 Å². The Balaban J connectivity index is 0.00000448. The number of hydrogen-bond donors (Lipinski definition) is 0. The molecule has 9 nitrogen and oxygen atoms in total. The summed E-state index contributed by atoms with van der Waals surface area (Å²) in [5.74, 6) is -1.28. The van der Waals surface area contributed by atoms with E-state index in [-0.39, 0.29) is 44.3 Å². The van der Waals surface area contributed by atoms with Gasteiger partial charge in [0.2, 0.25) is 0 Å². The average molecular weight is 743 g/mol. The second kappa shape index (κ2) is 15.5. The number of barbiturate groups is 1. The van der Waals surface area contributed by atoms with Crippen LogP contribution in [0.1, 0.15) is 13.8 Å². The van der Waals surface area contributed by atoms with Crippen molar-refractivity contribution in [1.82, 2.24) is 9.80 Å². The van der Waals surface area contributed by atoms with E-state index in [2.05, 4.69) is 72.2 Å². The fourth-order valence-corrected chi connectivity index (χ4v) is 9.12. The summed E-state index contributed by atoms with van der Waals surface area (Å²) in [7, 11) is 3.03. The highest BCUT2D eigenvalue weighted by Gasteiger charge is 2.43. The Morgan fingerprint density at radius 3 is 1.47 bits per heavy atom. The van der Waals surface area contributed by atoms with Crippen LogP contribution in [0.3, 0.4) is 0 Å². The predicted molar refractivity (Wildman–Crippen MR) is 209 cm³/mol. The van der Waals surface area contributed by atoms with Crippen LogP contribution in [-0.4, -0.2) is 81.3 Å². The standard InChI is InChI=1S/C39H38N4O5S2.ClH/c1-5-40-32(49-30-17-15-25-11-7-9-13-28(25)35(30)40)23-27(34-37(44)42(19-21-47-3)39(46)43(38(34)45)20-22-48-4)24-33-41(6-2)36-29-14-10-8-12-26(29)16-18-31(36)50-33;/h7-18,23-24H,5-6,19-22H2,1-4H3;1H. The fraction of sp³-hybridized carbons (Fsp3) is 0.256. The molecule has 4 aromatic carbocycles. The molecule has 0 radical (unpaired) electrons. The number of hydrogen-bond acceptors (Lipinski definition) is 9. The number of nitrogens with zero attached hydrogens (tertiary/aromatic N) is 4. The number of imide groups is 2. The van der Waals surface area contributed by atoms with Crippen LogP contribution in [0, 0.1) is 0 Å². The normalized spacial score (nSPS) is 17.3. The van der Waals surface area contributed by atoms with Gasteiger partial charge in [-0.05, 0) is 54.5 Å². The molecule has 3 heterocycles. The maximum Gasteiger partial charge on any atom is 0.334 e. The van der Waals surface area contributed by atoms with Crippen molar-refractivity contribution in [1.29, 1.82) is 0 Å². The SMILES string of the molecule is CCN1C(=CC(C=C2Sc3ccc4ccccc4c3N2CC)=C2C(=O)N(CCOC)C(=O)N(CCOC)C2=O)Sc2ccc3ccccc3c21.Cl. The summed E-state index contributed by atoms with van der Waals surface area (Å²) in [6.07, 6.45) is 3.88. The smallest absolute Gasteiger partial charge is 0.334 e. The third-order valence-corrected chi connectivity index (χ3v) is 11.3. The number of benzene rings is 4. The zero-order valence-electron chi connectivity index (χ0n) is 28.9. The molecule has 0 unspecified atom stereocenters. The summed E-state index contributed by atoms with van der Waals surface area (Å²) in [5.41, 5.74) is 2.58. The lowest BCUT2D eigenvalue weighted by molar-refractivity contribution is -0.136. The van der Waals surface area contributed by atoms with E-state index >= 15 is 0 Å². The number of fused-ring (bicyclic) bond motifs is 6. The van der Waals surface area contributed by atoms with Crippen LogP contribution < -0.4 is 9.80 Å². The topological polar surface area (TPSA) is 82.6 Å². The molecule has 0 saturated carbocycles. The van der Waals surface area contributed by atoms with E-state index in [1.165, 1.54) is 14.2 Å². The Kier molecular flexibility index (Phi) is 11.1. The van der Waals surface area contributed by atoms with E-state index in [0.717, 1.165) is 62.6 Å². The summed E-state index contributed by atoms with van der Waals surface area (Å²) in [6, 6.07) is 24.4. The molecule has 12 heteroatoms. The number of carbonyl (C=O) groups is 3. The Morgan fingerprint density at radius 1 is 0.627 bits per heavy atom. The monoisotopic (exact) mass is 742 g/mol. The second-order valence-electron chi connectivity index (χ2n) is 11.9. The highest BCUT2D eigenvalue weighted by Crippen LogP contribution is 2.52. The van der Waals surface area contributed by atoms with Crippen molar-refractivity contribution in [3.8, 4) is 0 Å². The van der Waals surface area contributed by atoms with Crippen LogP contribution in [-0.2, 0) is 19.1 Å². The molecule has 0 N–H and O–H groups in total. The average Bonchev–Trinajstić information content (AvgIpc) is 3.68. The van der Waals surface area contributed by atoms with Crippen molar-refractivity contribution in [2.45, 2.75) is 23.6 Å².